The molecule has 1 heterocycles. The number of aromatic nitrogens is 2. The number of benzene rings is 2. The van der Waals surface area contributed by atoms with E-state index in [9.17, 15) is 0 Å². The number of hydrogen-bond donors (Lipinski definition) is 4. The molecule has 0 fully saturated rings. The van der Waals surface area contributed by atoms with E-state index in [-0.39, 0.29) is 13.2 Å². The third kappa shape index (κ3) is 2.79. The predicted octanol–water partition coefficient (Wildman–Crippen LogP) is 1.59. The number of anilines is 2. The summed E-state index contributed by atoms with van der Waals surface area (Å²) in [7, 11) is 0. The van der Waals surface area contributed by atoms with E-state index >= 15 is 0 Å². The lowest BCUT2D eigenvalue weighted by Gasteiger charge is -2.12. The molecule has 3 rings (SSSR count). The fourth-order valence-corrected chi connectivity index (χ4v) is 2.45. The van der Waals surface area contributed by atoms with Gasteiger partial charge in [0.25, 0.3) is 0 Å². The predicted molar refractivity (Wildman–Crippen MR) is 88.2 cm³/mol. The van der Waals surface area contributed by atoms with Crippen molar-refractivity contribution in [1.29, 1.82) is 0 Å². The number of fused-ring (bicyclic) bond motifs is 2. The van der Waals surface area contributed by atoms with E-state index in [0.717, 1.165) is 21.5 Å². The van der Waals surface area contributed by atoms with Gasteiger partial charge in [-0.25, -0.2) is 0 Å². The maximum absolute atomic E-state index is 8.99. The lowest BCUT2D eigenvalue weighted by Crippen LogP contribution is -2.11. The van der Waals surface area contributed by atoms with Gasteiger partial charge in [-0.3, -0.25) is 0 Å². The highest BCUT2D eigenvalue weighted by Crippen LogP contribution is 2.30. The first-order chi connectivity index (χ1) is 10.8. The van der Waals surface area contributed by atoms with Crippen molar-refractivity contribution in [3.63, 3.8) is 0 Å². The Morgan fingerprint density at radius 2 is 1.23 bits per heavy atom. The fraction of sp³-hybridized carbons (Fsp3) is 0.250. The number of nitrogens with one attached hydrogen (secondary N) is 2. The van der Waals surface area contributed by atoms with E-state index in [2.05, 4.69) is 33.0 Å². The van der Waals surface area contributed by atoms with Crippen LogP contribution in [0.3, 0.4) is 0 Å². The topological polar surface area (TPSA) is 90.3 Å². The molecule has 0 atom stereocenters. The summed E-state index contributed by atoms with van der Waals surface area (Å²) in [6, 6.07) is 12.2. The molecular formula is C16H18N4O2. The molecule has 3 aromatic rings. The number of nitrogens with zero attached hydrogens (tertiary/aromatic N) is 2. The van der Waals surface area contributed by atoms with Gasteiger partial charge in [0.2, 0.25) is 0 Å². The van der Waals surface area contributed by atoms with Crippen molar-refractivity contribution < 1.29 is 10.2 Å². The largest absolute Gasteiger partial charge is 0.395 e. The third-order valence-corrected chi connectivity index (χ3v) is 3.45. The van der Waals surface area contributed by atoms with Crippen LogP contribution in [0.5, 0.6) is 0 Å². The Labute approximate surface area is 127 Å². The van der Waals surface area contributed by atoms with E-state index < -0.39 is 0 Å². The van der Waals surface area contributed by atoms with Gasteiger partial charge in [-0.15, -0.1) is 10.2 Å². The van der Waals surface area contributed by atoms with E-state index in [1.54, 1.807) is 0 Å². The second-order valence-corrected chi connectivity index (χ2v) is 4.94. The highest BCUT2D eigenvalue weighted by Gasteiger charge is 2.10. The van der Waals surface area contributed by atoms with Crippen molar-refractivity contribution in [3.8, 4) is 0 Å². The van der Waals surface area contributed by atoms with Crippen molar-refractivity contribution >= 4 is 33.2 Å². The quantitative estimate of drug-likeness (QED) is 0.517. The number of hydrogen-bond acceptors (Lipinski definition) is 6. The number of rotatable bonds is 6. The van der Waals surface area contributed by atoms with Crippen LogP contribution in [-0.4, -0.2) is 46.7 Å². The zero-order valence-corrected chi connectivity index (χ0v) is 12.1. The summed E-state index contributed by atoms with van der Waals surface area (Å²) >= 11 is 0. The summed E-state index contributed by atoms with van der Waals surface area (Å²) in [5.41, 5.74) is 0. The highest BCUT2D eigenvalue weighted by atomic mass is 16.3. The van der Waals surface area contributed by atoms with Gasteiger partial charge in [0.1, 0.15) is 0 Å². The van der Waals surface area contributed by atoms with Crippen molar-refractivity contribution in [1.82, 2.24) is 10.2 Å². The maximum atomic E-state index is 8.99. The second kappa shape index (κ2) is 6.55. The Morgan fingerprint density at radius 1 is 0.773 bits per heavy atom. The van der Waals surface area contributed by atoms with Crippen molar-refractivity contribution in [2.24, 2.45) is 0 Å². The summed E-state index contributed by atoms with van der Waals surface area (Å²) < 4.78 is 0. The van der Waals surface area contributed by atoms with Gasteiger partial charge in [-0.05, 0) is 22.9 Å². The third-order valence-electron chi connectivity index (χ3n) is 3.45. The van der Waals surface area contributed by atoms with Crippen LogP contribution in [0.25, 0.3) is 21.5 Å². The van der Waals surface area contributed by atoms with Gasteiger partial charge in [-0.2, -0.15) is 0 Å². The molecular weight excluding hydrogens is 280 g/mol. The molecule has 2 aromatic carbocycles. The molecule has 114 valence electrons. The van der Waals surface area contributed by atoms with Gasteiger partial charge in [0.15, 0.2) is 11.6 Å². The van der Waals surface area contributed by atoms with Crippen LogP contribution in [0.15, 0.2) is 36.4 Å². The molecule has 6 nitrogen and oxygen atoms in total. The molecule has 0 amide bonds. The van der Waals surface area contributed by atoms with E-state index in [0.29, 0.717) is 24.7 Å². The standard InChI is InChI=1S/C16H18N4O2/c21-7-5-17-15-13-9-11-3-1-2-4-12(11)10-14(13)16(20-19-15)18-6-8-22/h1-4,9-10,21-22H,5-8H2,(H,17,19)(H,18,20). The van der Waals surface area contributed by atoms with E-state index in [4.69, 9.17) is 10.2 Å². The Kier molecular flexibility index (Phi) is 4.32. The van der Waals surface area contributed by atoms with Gasteiger partial charge < -0.3 is 20.8 Å². The molecule has 22 heavy (non-hydrogen) atoms. The van der Waals surface area contributed by atoms with E-state index in [1.807, 2.05) is 24.3 Å². The van der Waals surface area contributed by atoms with Gasteiger partial charge >= 0.3 is 0 Å². The Bertz CT molecular complexity index is 726. The lowest BCUT2D eigenvalue weighted by atomic mass is 10.0. The molecule has 0 unspecified atom stereocenters. The maximum Gasteiger partial charge on any atom is 0.156 e. The van der Waals surface area contributed by atoms with Crippen molar-refractivity contribution in [2.75, 3.05) is 36.9 Å². The van der Waals surface area contributed by atoms with Gasteiger partial charge in [-0.1, -0.05) is 24.3 Å². The lowest BCUT2D eigenvalue weighted by molar-refractivity contribution is 0.310. The molecule has 1 aromatic heterocycles. The summed E-state index contributed by atoms with van der Waals surface area (Å²) in [5, 5.41) is 36.6. The average Bonchev–Trinajstić information content (AvgIpc) is 2.57. The molecule has 0 aliphatic rings. The molecule has 4 N–H and O–H groups in total. The Hall–Kier alpha value is -2.44. The molecule has 0 aliphatic heterocycles. The minimum Gasteiger partial charge on any atom is -0.395 e. The first-order valence-corrected chi connectivity index (χ1v) is 7.22. The summed E-state index contributed by atoms with van der Waals surface area (Å²) in [6.07, 6.45) is 0. The fourth-order valence-electron chi connectivity index (χ4n) is 2.45. The van der Waals surface area contributed by atoms with Crippen molar-refractivity contribution in [2.45, 2.75) is 0 Å². The van der Waals surface area contributed by atoms with Crippen LogP contribution in [0.1, 0.15) is 0 Å². The molecule has 0 saturated carbocycles. The average molecular weight is 298 g/mol. The molecule has 0 spiro atoms. The van der Waals surface area contributed by atoms with Crippen LogP contribution in [0.4, 0.5) is 11.6 Å². The van der Waals surface area contributed by atoms with Crippen LogP contribution in [0, 0.1) is 0 Å². The second-order valence-electron chi connectivity index (χ2n) is 4.94. The first kappa shape index (κ1) is 14.5. The summed E-state index contributed by atoms with van der Waals surface area (Å²) in [6.45, 7) is 0.891. The first-order valence-electron chi connectivity index (χ1n) is 7.22. The summed E-state index contributed by atoms with van der Waals surface area (Å²) in [5.74, 6) is 1.29. The minimum atomic E-state index is 0.0290. The Balaban J connectivity index is 2.18. The van der Waals surface area contributed by atoms with Crippen LogP contribution < -0.4 is 10.6 Å². The molecule has 6 heteroatoms. The SMILES string of the molecule is OCCNc1nnc(NCCO)c2cc3ccccc3cc12. The Morgan fingerprint density at radius 3 is 1.64 bits per heavy atom. The zero-order valence-electron chi connectivity index (χ0n) is 12.1. The zero-order chi connectivity index (χ0) is 15.4. The molecule has 0 radical (unpaired) electrons. The summed E-state index contributed by atoms with van der Waals surface area (Å²) in [4.78, 5) is 0. The van der Waals surface area contributed by atoms with Crippen LogP contribution >= 0.6 is 0 Å². The van der Waals surface area contributed by atoms with E-state index in [1.165, 1.54) is 0 Å². The van der Waals surface area contributed by atoms with Gasteiger partial charge in [0, 0.05) is 23.9 Å². The van der Waals surface area contributed by atoms with Crippen molar-refractivity contribution in [3.05, 3.63) is 36.4 Å². The molecule has 0 bridgehead atoms. The highest BCUT2D eigenvalue weighted by molar-refractivity contribution is 6.06. The molecule has 0 aliphatic carbocycles. The minimum absolute atomic E-state index is 0.0290. The monoisotopic (exact) mass is 298 g/mol. The number of aliphatic hydroxyl groups is 2. The smallest absolute Gasteiger partial charge is 0.156 e. The van der Waals surface area contributed by atoms with Crippen LogP contribution in [0.2, 0.25) is 0 Å². The van der Waals surface area contributed by atoms with Crippen LogP contribution in [-0.2, 0) is 0 Å². The number of aliphatic hydroxyl groups excluding tert-OH is 2. The normalized spacial score (nSPS) is 11.0. The molecule has 0 saturated heterocycles. The van der Waals surface area contributed by atoms with Gasteiger partial charge in [0.05, 0.1) is 13.2 Å².